The molecule has 1 aliphatic rings. The lowest BCUT2D eigenvalue weighted by atomic mass is 10.2. The molecule has 4 nitrogen and oxygen atoms in total. The third kappa shape index (κ3) is 5.31. The monoisotopic (exact) mass is 229 g/mol. The van der Waals surface area contributed by atoms with E-state index in [4.69, 9.17) is 4.74 Å². The highest BCUT2D eigenvalue weighted by atomic mass is 19.4. The molecular weight excluding hydrogens is 215 g/mol. The molecule has 90 valence electrons. The fourth-order valence-corrected chi connectivity index (χ4v) is 1.24. The summed E-state index contributed by atoms with van der Waals surface area (Å²) < 4.78 is 44.3. The Balaban J connectivity index is 1.97. The molecule has 0 aromatic rings. The number of hydrogen-bond donors (Lipinski definition) is 2. The van der Waals surface area contributed by atoms with Crippen LogP contribution in [0, 0.1) is 0 Å². The Kier molecular flexibility index (Phi) is 4.78. The van der Waals surface area contributed by atoms with Gasteiger partial charge in [0, 0.05) is 6.54 Å². The fraction of sp³-hybridized carbons (Fsp3) is 1.00. The Bertz CT molecular complexity index is 188. The van der Waals surface area contributed by atoms with Gasteiger partial charge in [0.15, 0.2) is 0 Å². The molecule has 0 aromatic carbocycles. The van der Waals surface area contributed by atoms with Crippen LogP contribution in [0.4, 0.5) is 13.2 Å². The SMILES string of the molecule is OC1COCC1NCCOCC(F)(F)F. The van der Waals surface area contributed by atoms with Crippen molar-refractivity contribution in [3.05, 3.63) is 0 Å². The Morgan fingerprint density at radius 3 is 2.67 bits per heavy atom. The number of halogens is 3. The van der Waals surface area contributed by atoms with Crippen molar-refractivity contribution in [1.29, 1.82) is 0 Å². The quantitative estimate of drug-likeness (QED) is 0.647. The molecule has 15 heavy (non-hydrogen) atoms. The lowest BCUT2D eigenvalue weighted by Gasteiger charge is -2.14. The van der Waals surface area contributed by atoms with Gasteiger partial charge < -0.3 is 19.9 Å². The summed E-state index contributed by atoms with van der Waals surface area (Å²) in [6, 6.07) is -0.209. The molecule has 1 heterocycles. The van der Waals surface area contributed by atoms with Crippen LogP contribution in [0.1, 0.15) is 0 Å². The summed E-state index contributed by atoms with van der Waals surface area (Å²) in [4.78, 5) is 0. The second-order valence-corrected chi connectivity index (χ2v) is 3.33. The Hall–Kier alpha value is -0.370. The number of aliphatic hydroxyl groups is 1. The molecule has 0 saturated carbocycles. The van der Waals surface area contributed by atoms with E-state index in [2.05, 4.69) is 10.1 Å². The molecule has 2 atom stereocenters. The lowest BCUT2D eigenvalue weighted by Crippen LogP contribution is -2.40. The standard InChI is InChI=1S/C8H14F3NO3/c9-8(10,11)5-14-2-1-12-6-3-15-4-7(6)13/h6-7,12-13H,1-5H2. The van der Waals surface area contributed by atoms with E-state index in [-0.39, 0.29) is 25.8 Å². The van der Waals surface area contributed by atoms with E-state index in [1.54, 1.807) is 0 Å². The van der Waals surface area contributed by atoms with Crippen LogP contribution in [0.3, 0.4) is 0 Å². The van der Waals surface area contributed by atoms with Crippen LogP contribution in [0.2, 0.25) is 0 Å². The summed E-state index contributed by atoms with van der Waals surface area (Å²) in [5.74, 6) is 0. The summed E-state index contributed by atoms with van der Waals surface area (Å²) >= 11 is 0. The van der Waals surface area contributed by atoms with Gasteiger partial charge in [-0.2, -0.15) is 13.2 Å². The zero-order chi connectivity index (χ0) is 11.3. The highest BCUT2D eigenvalue weighted by Gasteiger charge is 2.28. The van der Waals surface area contributed by atoms with Crippen molar-refractivity contribution in [2.24, 2.45) is 0 Å². The van der Waals surface area contributed by atoms with Gasteiger partial charge in [0.05, 0.1) is 32.0 Å². The van der Waals surface area contributed by atoms with Gasteiger partial charge in [-0.05, 0) is 0 Å². The van der Waals surface area contributed by atoms with Crippen molar-refractivity contribution in [2.75, 3.05) is 33.0 Å². The first-order valence-corrected chi connectivity index (χ1v) is 4.63. The van der Waals surface area contributed by atoms with Crippen molar-refractivity contribution < 1.29 is 27.8 Å². The van der Waals surface area contributed by atoms with E-state index in [0.717, 1.165) is 0 Å². The van der Waals surface area contributed by atoms with Gasteiger partial charge in [0.2, 0.25) is 0 Å². The number of nitrogens with one attached hydrogen (secondary N) is 1. The maximum absolute atomic E-state index is 11.6. The van der Waals surface area contributed by atoms with Crippen LogP contribution in [-0.2, 0) is 9.47 Å². The molecule has 2 N–H and O–H groups in total. The zero-order valence-corrected chi connectivity index (χ0v) is 8.09. The third-order valence-corrected chi connectivity index (χ3v) is 1.97. The van der Waals surface area contributed by atoms with E-state index in [1.807, 2.05) is 0 Å². The van der Waals surface area contributed by atoms with Gasteiger partial charge in [-0.3, -0.25) is 0 Å². The highest BCUT2D eigenvalue weighted by Crippen LogP contribution is 2.14. The van der Waals surface area contributed by atoms with Crippen molar-refractivity contribution in [3.63, 3.8) is 0 Å². The molecule has 0 aliphatic carbocycles. The van der Waals surface area contributed by atoms with E-state index >= 15 is 0 Å². The second-order valence-electron chi connectivity index (χ2n) is 3.33. The van der Waals surface area contributed by atoms with Crippen molar-refractivity contribution in [1.82, 2.24) is 5.32 Å². The first-order chi connectivity index (χ1) is 6.99. The number of alkyl halides is 3. The van der Waals surface area contributed by atoms with E-state index in [1.165, 1.54) is 0 Å². The maximum atomic E-state index is 11.6. The smallest absolute Gasteiger partial charge is 0.389 e. The lowest BCUT2D eigenvalue weighted by molar-refractivity contribution is -0.173. The summed E-state index contributed by atoms with van der Waals surface area (Å²) in [5.41, 5.74) is 0. The molecule has 1 aliphatic heterocycles. The molecule has 0 radical (unpaired) electrons. The van der Waals surface area contributed by atoms with Gasteiger partial charge in [-0.15, -0.1) is 0 Å². The van der Waals surface area contributed by atoms with E-state index in [9.17, 15) is 18.3 Å². The predicted molar refractivity (Wildman–Crippen MR) is 45.5 cm³/mol. The Morgan fingerprint density at radius 1 is 1.40 bits per heavy atom. The molecule has 1 saturated heterocycles. The van der Waals surface area contributed by atoms with Crippen LogP contribution in [0.5, 0.6) is 0 Å². The molecule has 1 fully saturated rings. The van der Waals surface area contributed by atoms with E-state index in [0.29, 0.717) is 6.61 Å². The van der Waals surface area contributed by atoms with Crippen LogP contribution in [0.15, 0.2) is 0 Å². The van der Waals surface area contributed by atoms with Gasteiger partial charge in [-0.25, -0.2) is 0 Å². The maximum Gasteiger partial charge on any atom is 0.411 e. The predicted octanol–water partition coefficient (Wildman–Crippen LogP) is -0.0854. The summed E-state index contributed by atoms with van der Waals surface area (Å²) in [6.07, 6.45) is -4.87. The minimum atomic E-state index is -4.28. The van der Waals surface area contributed by atoms with Gasteiger partial charge in [0.25, 0.3) is 0 Å². The molecule has 0 aromatic heterocycles. The number of rotatable bonds is 5. The number of hydrogen-bond acceptors (Lipinski definition) is 4. The summed E-state index contributed by atoms with van der Waals surface area (Å²) in [7, 11) is 0. The molecule has 0 bridgehead atoms. The summed E-state index contributed by atoms with van der Waals surface area (Å²) in [5, 5.41) is 12.1. The van der Waals surface area contributed by atoms with Gasteiger partial charge in [-0.1, -0.05) is 0 Å². The third-order valence-electron chi connectivity index (χ3n) is 1.97. The normalized spacial score (nSPS) is 27.2. The molecular formula is C8H14F3NO3. The van der Waals surface area contributed by atoms with Crippen LogP contribution in [-0.4, -0.2) is 56.4 Å². The topological polar surface area (TPSA) is 50.7 Å². The fourth-order valence-electron chi connectivity index (χ4n) is 1.24. The van der Waals surface area contributed by atoms with Gasteiger partial charge >= 0.3 is 6.18 Å². The van der Waals surface area contributed by atoms with Crippen molar-refractivity contribution >= 4 is 0 Å². The molecule has 0 spiro atoms. The number of aliphatic hydroxyl groups excluding tert-OH is 1. The average molecular weight is 229 g/mol. The first-order valence-electron chi connectivity index (χ1n) is 4.63. The molecule has 2 unspecified atom stereocenters. The Morgan fingerprint density at radius 2 is 2.13 bits per heavy atom. The highest BCUT2D eigenvalue weighted by molar-refractivity contribution is 4.80. The average Bonchev–Trinajstić information content (AvgIpc) is 2.49. The minimum absolute atomic E-state index is 0.0390. The van der Waals surface area contributed by atoms with E-state index < -0.39 is 18.9 Å². The summed E-state index contributed by atoms with van der Waals surface area (Å²) in [6.45, 7) is -0.371. The van der Waals surface area contributed by atoms with Crippen LogP contribution in [0.25, 0.3) is 0 Å². The largest absolute Gasteiger partial charge is 0.411 e. The zero-order valence-electron chi connectivity index (χ0n) is 8.09. The second kappa shape index (κ2) is 5.64. The van der Waals surface area contributed by atoms with Crippen molar-refractivity contribution in [3.8, 4) is 0 Å². The van der Waals surface area contributed by atoms with Crippen LogP contribution < -0.4 is 5.32 Å². The van der Waals surface area contributed by atoms with Crippen molar-refractivity contribution in [2.45, 2.75) is 18.3 Å². The van der Waals surface area contributed by atoms with Gasteiger partial charge in [0.1, 0.15) is 6.61 Å². The number of ether oxygens (including phenoxy) is 2. The molecule has 1 rings (SSSR count). The molecule has 0 amide bonds. The first kappa shape index (κ1) is 12.7. The minimum Gasteiger partial charge on any atom is -0.389 e. The van der Waals surface area contributed by atoms with Crippen LogP contribution >= 0.6 is 0 Å². The molecule has 7 heteroatoms. The Labute approximate surface area is 85.4 Å².